The molecule has 0 aliphatic rings. The summed E-state index contributed by atoms with van der Waals surface area (Å²) in [4.78, 5) is 2.40. The van der Waals surface area contributed by atoms with Crippen LogP contribution in [0.1, 0.15) is 0 Å². The van der Waals surface area contributed by atoms with Gasteiger partial charge in [-0.1, -0.05) is 152 Å². The maximum absolute atomic E-state index is 2.42. The standard InChI is InChI=1S/C56H36N2S/c1-2-15-45-38(12-1)24-25-41-35-43(30-32-46(41)45)57(44-31-33-51-50-19-6-10-23-55(50)59-56(51)36-44)42-28-26-37(27-29-42)39-13-11-14-40(34-39)47-16-3-7-20-52(47)58-53-21-8-4-17-48(53)49-18-5-9-22-54(49)58/h1-36H. The van der Waals surface area contributed by atoms with Gasteiger partial charge < -0.3 is 9.47 Å². The summed E-state index contributed by atoms with van der Waals surface area (Å²) in [6, 6.07) is 80.0. The van der Waals surface area contributed by atoms with Gasteiger partial charge in [-0.15, -0.1) is 11.3 Å². The number of rotatable bonds is 6. The number of anilines is 3. The Morgan fingerprint density at radius 2 is 0.898 bits per heavy atom. The molecule has 0 radical (unpaired) electrons. The van der Waals surface area contributed by atoms with E-state index in [-0.39, 0.29) is 0 Å². The van der Waals surface area contributed by atoms with Crippen molar-refractivity contribution in [3.63, 3.8) is 0 Å². The number of hydrogen-bond donors (Lipinski definition) is 0. The van der Waals surface area contributed by atoms with Gasteiger partial charge in [-0.25, -0.2) is 0 Å². The minimum atomic E-state index is 1.11. The third-order valence-electron chi connectivity index (χ3n) is 12.0. The van der Waals surface area contributed by atoms with E-state index in [2.05, 4.69) is 228 Å². The Balaban J connectivity index is 0.959. The van der Waals surface area contributed by atoms with Gasteiger partial charge in [0.1, 0.15) is 0 Å². The molecule has 12 rings (SSSR count). The van der Waals surface area contributed by atoms with Gasteiger partial charge in [-0.3, -0.25) is 0 Å². The Kier molecular flexibility index (Phi) is 7.75. The van der Waals surface area contributed by atoms with E-state index in [0.29, 0.717) is 0 Å². The molecule has 10 aromatic carbocycles. The number of aromatic nitrogens is 1. The summed E-state index contributed by atoms with van der Waals surface area (Å²) < 4.78 is 5.02. The fourth-order valence-corrected chi connectivity index (χ4v) is 10.3. The number of thiophene rings is 1. The number of nitrogens with zero attached hydrogens (tertiary/aromatic N) is 2. The van der Waals surface area contributed by atoms with Crippen LogP contribution in [0.25, 0.3) is 91.5 Å². The molecule has 12 aromatic rings. The molecule has 2 nitrogen and oxygen atoms in total. The molecule has 2 aromatic heterocycles. The zero-order valence-corrected chi connectivity index (χ0v) is 32.9. The molecule has 0 fully saturated rings. The van der Waals surface area contributed by atoms with E-state index in [4.69, 9.17) is 0 Å². The second kappa shape index (κ2) is 13.6. The lowest BCUT2D eigenvalue weighted by Gasteiger charge is -2.26. The van der Waals surface area contributed by atoms with E-state index in [1.807, 2.05) is 11.3 Å². The molecular weight excluding hydrogens is 733 g/mol. The van der Waals surface area contributed by atoms with Crippen LogP contribution in [0.15, 0.2) is 218 Å². The SMILES string of the molecule is c1cc(-c2ccc(N(c3ccc4c(ccc5ccccc54)c3)c3ccc4c(c3)sc3ccccc34)cc2)cc(-c2ccccc2-n2c3ccccc3c3ccccc32)c1. The quantitative estimate of drug-likeness (QED) is 0.153. The van der Waals surface area contributed by atoms with Gasteiger partial charge in [0.15, 0.2) is 0 Å². The fraction of sp³-hybridized carbons (Fsp3) is 0. The zero-order valence-electron chi connectivity index (χ0n) is 32.1. The summed E-state index contributed by atoms with van der Waals surface area (Å²) in [5, 5.41) is 10.2. The number of benzene rings is 10. The molecule has 0 spiro atoms. The molecule has 0 saturated carbocycles. The van der Waals surface area contributed by atoms with Crippen LogP contribution in [0.2, 0.25) is 0 Å². The van der Waals surface area contributed by atoms with Crippen molar-refractivity contribution < 1.29 is 0 Å². The van der Waals surface area contributed by atoms with Crippen molar-refractivity contribution >= 4 is 91.9 Å². The molecule has 0 saturated heterocycles. The summed E-state index contributed by atoms with van der Waals surface area (Å²) in [7, 11) is 0. The molecule has 0 unspecified atom stereocenters. The fourth-order valence-electron chi connectivity index (χ4n) is 9.20. The van der Waals surface area contributed by atoms with Crippen molar-refractivity contribution in [2.75, 3.05) is 4.90 Å². The van der Waals surface area contributed by atoms with Crippen LogP contribution in [0, 0.1) is 0 Å². The second-order valence-electron chi connectivity index (χ2n) is 15.3. The van der Waals surface area contributed by atoms with Gasteiger partial charge in [0, 0.05) is 53.6 Å². The van der Waals surface area contributed by atoms with Gasteiger partial charge >= 0.3 is 0 Å². The van der Waals surface area contributed by atoms with Gasteiger partial charge in [-0.2, -0.15) is 0 Å². The molecule has 3 heteroatoms. The lowest BCUT2D eigenvalue weighted by Crippen LogP contribution is -2.09. The van der Waals surface area contributed by atoms with E-state index in [9.17, 15) is 0 Å². The smallest absolute Gasteiger partial charge is 0.0541 e. The van der Waals surface area contributed by atoms with Crippen LogP contribution in [0.3, 0.4) is 0 Å². The Labute approximate surface area is 346 Å². The summed E-state index contributed by atoms with van der Waals surface area (Å²) >= 11 is 1.86. The first-order valence-electron chi connectivity index (χ1n) is 20.2. The highest BCUT2D eigenvalue weighted by atomic mass is 32.1. The molecule has 2 heterocycles. The van der Waals surface area contributed by atoms with Crippen molar-refractivity contribution in [1.82, 2.24) is 4.57 Å². The summed E-state index contributed by atoms with van der Waals surface area (Å²) in [6.07, 6.45) is 0. The van der Waals surface area contributed by atoms with E-state index >= 15 is 0 Å². The Bertz CT molecular complexity index is 3520. The predicted octanol–water partition coefficient (Wildman–Crippen LogP) is 16.3. The third kappa shape index (κ3) is 5.55. The predicted molar refractivity (Wildman–Crippen MR) is 254 cm³/mol. The van der Waals surface area contributed by atoms with Crippen molar-refractivity contribution in [1.29, 1.82) is 0 Å². The Morgan fingerprint density at radius 3 is 1.71 bits per heavy atom. The summed E-state index contributed by atoms with van der Waals surface area (Å²) in [5.74, 6) is 0. The molecular formula is C56H36N2S. The molecule has 0 aliphatic heterocycles. The van der Waals surface area contributed by atoms with Gasteiger partial charge in [0.2, 0.25) is 0 Å². The summed E-state index contributed by atoms with van der Waals surface area (Å²) in [5.41, 5.74) is 11.7. The maximum Gasteiger partial charge on any atom is 0.0541 e. The maximum atomic E-state index is 2.42. The van der Waals surface area contributed by atoms with Crippen LogP contribution in [-0.4, -0.2) is 4.57 Å². The monoisotopic (exact) mass is 768 g/mol. The molecule has 0 N–H and O–H groups in total. The molecule has 0 atom stereocenters. The average molecular weight is 769 g/mol. The topological polar surface area (TPSA) is 8.17 Å². The van der Waals surface area contributed by atoms with Crippen molar-refractivity contribution in [2.45, 2.75) is 0 Å². The minimum absolute atomic E-state index is 1.11. The highest BCUT2D eigenvalue weighted by Crippen LogP contribution is 2.43. The lowest BCUT2D eigenvalue weighted by molar-refractivity contribution is 1.18. The Hall–Kier alpha value is -7.46. The first kappa shape index (κ1) is 33.7. The molecule has 276 valence electrons. The van der Waals surface area contributed by atoms with Crippen molar-refractivity contribution in [3.05, 3.63) is 218 Å². The molecule has 0 aliphatic carbocycles. The largest absolute Gasteiger partial charge is 0.310 e. The number of hydrogen-bond acceptors (Lipinski definition) is 2. The molecule has 0 bridgehead atoms. The van der Waals surface area contributed by atoms with E-state index in [1.54, 1.807) is 0 Å². The van der Waals surface area contributed by atoms with Crippen LogP contribution in [-0.2, 0) is 0 Å². The highest BCUT2D eigenvalue weighted by Gasteiger charge is 2.18. The van der Waals surface area contributed by atoms with Gasteiger partial charge in [0.05, 0.1) is 16.7 Å². The third-order valence-corrected chi connectivity index (χ3v) is 13.1. The average Bonchev–Trinajstić information content (AvgIpc) is 3.85. The minimum Gasteiger partial charge on any atom is -0.310 e. The lowest BCUT2D eigenvalue weighted by atomic mass is 9.97. The van der Waals surface area contributed by atoms with Crippen LogP contribution in [0.5, 0.6) is 0 Å². The highest BCUT2D eigenvalue weighted by molar-refractivity contribution is 7.25. The first-order chi connectivity index (χ1) is 29.2. The first-order valence-corrected chi connectivity index (χ1v) is 21.0. The molecule has 0 amide bonds. The van der Waals surface area contributed by atoms with Gasteiger partial charge in [-0.05, 0) is 105 Å². The van der Waals surface area contributed by atoms with Gasteiger partial charge in [0.25, 0.3) is 0 Å². The van der Waals surface area contributed by atoms with E-state index < -0.39 is 0 Å². The molecule has 59 heavy (non-hydrogen) atoms. The van der Waals surface area contributed by atoms with Crippen molar-refractivity contribution in [3.8, 4) is 27.9 Å². The number of fused-ring (bicyclic) bond motifs is 9. The Morgan fingerprint density at radius 1 is 0.322 bits per heavy atom. The van der Waals surface area contributed by atoms with Crippen molar-refractivity contribution in [2.24, 2.45) is 0 Å². The second-order valence-corrected chi connectivity index (χ2v) is 16.4. The van der Waals surface area contributed by atoms with Crippen LogP contribution >= 0.6 is 11.3 Å². The number of para-hydroxylation sites is 3. The zero-order chi connectivity index (χ0) is 38.9. The summed E-state index contributed by atoms with van der Waals surface area (Å²) in [6.45, 7) is 0. The van der Waals surface area contributed by atoms with Crippen LogP contribution in [0.4, 0.5) is 17.1 Å². The van der Waals surface area contributed by atoms with E-state index in [1.165, 1.54) is 91.5 Å². The normalized spacial score (nSPS) is 11.7. The van der Waals surface area contributed by atoms with E-state index in [0.717, 1.165) is 17.1 Å². The van der Waals surface area contributed by atoms with Crippen LogP contribution < -0.4 is 4.90 Å².